The Morgan fingerprint density at radius 3 is 2.53 bits per heavy atom. The van der Waals surface area contributed by atoms with Crippen molar-refractivity contribution in [2.45, 2.75) is 39.3 Å². The predicted molar refractivity (Wildman–Crippen MR) is 148 cm³/mol. The molecule has 10 heteroatoms. The molecule has 1 fully saturated rings. The minimum absolute atomic E-state index is 0.0806. The van der Waals surface area contributed by atoms with Crippen LogP contribution >= 0.6 is 11.6 Å². The van der Waals surface area contributed by atoms with E-state index < -0.39 is 5.60 Å². The zero-order chi connectivity index (χ0) is 27.2. The van der Waals surface area contributed by atoms with Gasteiger partial charge in [-0.15, -0.1) is 0 Å². The third-order valence-corrected chi connectivity index (χ3v) is 7.28. The van der Waals surface area contributed by atoms with E-state index in [9.17, 15) is 14.9 Å². The lowest BCUT2D eigenvalue weighted by atomic mass is 10.1. The number of pyridine rings is 2. The summed E-state index contributed by atoms with van der Waals surface area (Å²) in [6.07, 6.45) is 0.486. The molecule has 0 radical (unpaired) electrons. The Morgan fingerprint density at radius 2 is 1.84 bits per heavy atom. The van der Waals surface area contributed by atoms with Gasteiger partial charge in [0.15, 0.2) is 0 Å². The number of carbonyl (C=O) groups is 1. The second-order valence-electron chi connectivity index (χ2n) is 10.8. The van der Waals surface area contributed by atoms with E-state index in [1.807, 2.05) is 26.8 Å². The van der Waals surface area contributed by atoms with Crippen LogP contribution in [0.5, 0.6) is 0 Å². The first kappa shape index (κ1) is 26.0. The van der Waals surface area contributed by atoms with Gasteiger partial charge in [0.2, 0.25) is 0 Å². The number of piperazine rings is 1. The summed E-state index contributed by atoms with van der Waals surface area (Å²) >= 11 is 6.20. The first-order chi connectivity index (χ1) is 18.1. The van der Waals surface area contributed by atoms with Crippen molar-refractivity contribution < 1.29 is 9.53 Å². The highest BCUT2D eigenvalue weighted by Gasteiger charge is 2.32. The van der Waals surface area contributed by atoms with E-state index in [-0.39, 0.29) is 17.2 Å². The third kappa shape index (κ3) is 4.82. The molecule has 0 aliphatic carbocycles. The second kappa shape index (κ2) is 9.93. The van der Waals surface area contributed by atoms with Gasteiger partial charge >= 0.3 is 6.09 Å². The number of halogens is 1. The molecule has 198 valence electrons. The molecule has 2 aromatic heterocycles. The molecule has 0 N–H and O–H groups in total. The highest BCUT2D eigenvalue weighted by molar-refractivity contribution is 6.29. The Labute approximate surface area is 226 Å². The minimum Gasteiger partial charge on any atom is -0.443 e. The Bertz CT molecular complexity index is 1510. The number of para-hydroxylation sites is 1. The monoisotopic (exact) mass is 534 g/mol. The molecule has 4 heterocycles. The summed E-state index contributed by atoms with van der Waals surface area (Å²) in [7, 11) is 1.64. The van der Waals surface area contributed by atoms with Crippen molar-refractivity contribution >= 4 is 40.1 Å². The fourth-order valence-electron chi connectivity index (χ4n) is 5.31. The molecule has 2 aliphatic rings. The second-order valence-corrected chi connectivity index (χ2v) is 11.2. The molecule has 2 aliphatic heterocycles. The number of amides is 1. The Hall–Kier alpha value is -3.61. The fraction of sp³-hybridized carbons (Fsp3) is 0.429. The standard InChI is InChI=1S/C28H31ClN6O3/c1-28(2,3)38-27(37)35-11-10-18-6-5-7-19(24(18)35)17-33-12-14-34(15-13-33)25-20(16-30)26(36)32(4)21-8-9-22(29)31-23(21)25/h5-9H,10-15,17H2,1-4H3. The number of nitrogens with zero attached hydrogens (tertiary/aromatic N) is 6. The molecule has 5 rings (SSSR count). The van der Waals surface area contributed by atoms with Gasteiger partial charge in [0.05, 0.1) is 16.9 Å². The Kier molecular flexibility index (Phi) is 6.80. The molecule has 0 spiro atoms. The number of fused-ring (bicyclic) bond motifs is 2. The number of rotatable bonds is 3. The summed E-state index contributed by atoms with van der Waals surface area (Å²) in [6.45, 7) is 9.60. The summed E-state index contributed by atoms with van der Waals surface area (Å²) in [4.78, 5) is 36.5. The summed E-state index contributed by atoms with van der Waals surface area (Å²) < 4.78 is 7.12. The number of aryl methyl sites for hydroxylation is 1. The largest absolute Gasteiger partial charge is 0.443 e. The molecule has 3 aromatic rings. The SMILES string of the molecule is Cn1c(=O)c(C#N)c(N2CCN(Cc3cccc4c3N(C(=O)OC(C)(C)C)CC4)CC2)c2nc(Cl)ccc21. The van der Waals surface area contributed by atoms with Gasteiger partial charge in [-0.05, 0) is 50.5 Å². The summed E-state index contributed by atoms with van der Waals surface area (Å²) in [6, 6.07) is 11.7. The van der Waals surface area contributed by atoms with Gasteiger partial charge in [-0.2, -0.15) is 5.26 Å². The summed E-state index contributed by atoms with van der Waals surface area (Å²) in [5.41, 5.74) is 4.10. The first-order valence-corrected chi connectivity index (χ1v) is 13.1. The number of hydrogen-bond acceptors (Lipinski definition) is 7. The van der Waals surface area contributed by atoms with Crippen LogP contribution in [0.2, 0.25) is 5.15 Å². The van der Waals surface area contributed by atoms with Gasteiger partial charge in [0.25, 0.3) is 5.56 Å². The van der Waals surface area contributed by atoms with Gasteiger partial charge in [-0.25, -0.2) is 9.78 Å². The summed E-state index contributed by atoms with van der Waals surface area (Å²) in [5.74, 6) is 0. The lowest BCUT2D eigenvalue weighted by Gasteiger charge is -2.37. The van der Waals surface area contributed by atoms with Crippen molar-refractivity contribution in [3.05, 3.63) is 62.5 Å². The van der Waals surface area contributed by atoms with E-state index in [1.54, 1.807) is 24.1 Å². The molecule has 9 nitrogen and oxygen atoms in total. The van der Waals surface area contributed by atoms with Crippen LogP contribution in [0, 0.1) is 11.3 Å². The maximum atomic E-state index is 12.9. The Balaban J connectivity index is 1.38. The Morgan fingerprint density at radius 1 is 1.11 bits per heavy atom. The number of anilines is 2. The van der Waals surface area contributed by atoms with Crippen molar-refractivity contribution in [3.8, 4) is 6.07 Å². The highest BCUT2D eigenvalue weighted by Crippen LogP contribution is 2.35. The molecule has 1 saturated heterocycles. The fourth-order valence-corrected chi connectivity index (χ4v) is 5.46. The molecule has 1 aromatic carbocycles. The summed E-state index contributed by atoms with van der Waals surface area (Å²) in [5, 5.41) is 10.2. The number of hydrogen-bond donors (Lipinski definition) is 0. The average molecular weight is 535 g/mol. The molecule has 0 saturated carbocycles. The molecule has 38 heavy (non-hydrogen) atoms. The van der Waals surface area contributed by atoms with E-state index in [0.717, 1.165) is 36.3 Å². The van der Waals surface area contributed by atoms with Crippen LogP contribution in [0.3, 0.4) is 0 Å². The molecule has 0 bridgehead atoms. The minimum atomic E-state index is -0.560. The number of nitriles is 1. The molecule has 1 amide bonds. The van der Waals surface area contributed by atoms with Crippen LogP contribution in [0.4, 0.5) is 16.2 Å². The van der Waals surface area contributed by atoms with Crippen molar-refractivity contribution in [2.75, 3.05) is 42.5 Å². The average Bonchev–Trinajstić information content (AvgIpc) is 3.31. The normalized spacial score (nSPS) is 16.0. The number of aromatic nitrogens is 2. The number of benzene rings is 1. The maximum absolute atomic E-state index is 12.9. The first-order valence-electron chi connectivity index (χ1n) is 12.8. The zero-order valence-electron chi connectivity index (χ0n) is 22.1. The third-order valence-electron chi connectivity index (χ3n) is 7.07. The molecule has 0 unspecified atom stereocenters. The molecule has 0 atom stereocenters. The quantitative estimate of drug-likeness (QED) is 0.467. The van der Waals surface area contributed by atoms with Gasteiger partial charge in [-0.1, -0.05) is 29.8 Å². The van der Waals surface area contributed by atoms with Crippen molar-refractivity contribution in [3.63, 3.8) is 0 Å². The molecular weight excluding hydrogens is 504 g/mol. The van der Waals surface area contributed by atoms with Crippen LogP contribution in [-0.4, -0.2) is 58.9 Å². The van der Waals surface area contributed by atoms with E-state index in [4.69, 9.17) is 16.3 Å². The zero-order valence-corrected chi connectivity index (χ0v) is 22.9. The number of carbonyl (C=O) groups excluding carboxylic acids is 1. The highest BCUT2D eigenvalue weighted by atomic mass is 35.5. The van der Waals surface area contributed by atoms with Crippen LogP contribution in [0.1, 0.15) is 37.5 Å². The van der Waals surface area contributed by atoms with E-state index in [2.05, 4.69) is 33.0 Å². The number of ether oxygens (including phenoxy) is 1. The molecular formula is C28H31ClN6O3. The van der Waals surface area contributed by atoms with E-state index in [1.165, 1.54) is 4.57 Å². The lowest BCUT2D eigenvalue weighted by molar-refractivity contribution is 0.0583. The van der Waals surface area contributed by atoms with Gasteiger partial charge < -0.3 is 14.2 Å². The predicted octanol–water partition coefficient (Wildman–Crippen LogP) is 4.08. The lowest BCUT2D eigenvalue weighted by Crippen LogP contribution is -2.47. The van der Waals surface area contributed by atoms with Crippen molar-refractivity contribution in [1.29, 1.82) is 5.26 Å². The van der Waals surface area contributed by atoms with Crippen LogP contribution in [0.25, 0.3) is 11.0 Å². The maximum Gasteiger partial charge on any atom is 0.414 e. The topological polar surface area (TPSA) is 94.7 Å². The smallest absolute Gasteiger partial charge is 0.414 e. The van der Waals surface area contributed by atoms with Crippen LogP contribution in [0.15, 0.2) is 35.1 Å². The van der Waals surface area contributed by atoms with Crippen LogP contribution < -0.4 is 15.4 Å². The van der Waals surface area contributed by atoms with Gasteiger partial charge in [0, 0.05) is 46.3 Å². The van der Waals surface area contributed by atoms with E-state index in [0.29, 0.717) is 48.1 Å². The van der Waals surface area contributed by atoms with Gasteiger partial charge in [-0.3, -0.25) is 14.6 Å². The van der Waals surface area contributed by atoms with E-state index >= 15 is 0 Å². The van der Waals surface area contributed by atoms with Crippen molar-refractivity contribution in [1.82, 2.24) is 14.5 Å². The van der Waals surface area contributed by atoms with Gasteiger partial charge in [0.1, 0.15) is 27.9 Å². The van der Waals surface area contributed by atoms with Crippen molar-refractivity contribution in [2.24, 2.45) is 7.05 Å². The van der Waals surface area contributed by atoms with Crippen LogP contribution in [-0.2, 0) is 24.8 Å².